The molecule has 0 bridgehead atoms. The zero-order valence-electron chi connectivity index (χ0n) is 11.9. The van der Waals surface area contributed by atoms with Gasteiger partial charge >= 0.3 is 6.18 Å². The molecule has 10 heteroatoms. The van der Waals surface area contributed by atoms with Crippen molar-refractivity contribution in [2.24, 2.45) is 5.92 Å². The van der Waals surface area contributed by atoms with Crippen molar-refractivity contribution in [3.8, 4) is 0 Å². The Bertz CT molecular complexity index is 651. The van der Waals surface area contributed by atoms with Crippen molar-refractivity contribution in [1.82, 2.24) is 10.0 Å². The molecular formula is C13H15F3N2O4S. The van der Waals surface area contributed by atoms with Crippen LogP contribution in [0.3, 0.4) is 0 Å². The minimum absolute atomic E-state index is 0.0708. The summed E-state index contributed by atoms with van der Waals surface area (Å²) in [5.41, 5.74) is -0.968. The zero-order chi connectivity index (χ0) is 17.1. The van der Waals surface area contributed by atoms with E-state index in [1.54, 1.807) is 0 Å². The number of rotatable bonds is 3. The smallest absolute Gasteiger partial charge is 0.379 e. The summed E-state index contributed by atoms with van der Waals surface area (Å²) in [6.45, 7) is 1.29. The number of ether oxygens (including phenoxy) is 1. The summed E-state index contributed by atoms with van der Waals surface area (Å²) in [5.74, 6) is -1.46. The van der Waals surface area contributed by atoms with Gasteiger partial charge in [-0.3, -0.25) is 4.79 Å². The molecule has 1 aliphatic rings. The lowest BCUT2D eigenvalue weighted by atomic mass is 10.1. The fourth-order valence-electron chi connectivity index (χ4n) is 1.97. The Labute approximate surface area is 131 Å². The predicted molar refractivity (Wildman–Crippen MR) is 74.0 cm³/mol. The van der Waals surface area contributed by atoms with Crippen LogP contribution in [-0.4, -0.2) is 40.6 Å². The van der Waals surface area contributed by atoms with Crippen molar-refractivity contribution in [1.29, 1.82) is 0 Å². The summed E-state index contributed by atoms with van der Waals surface area (Å²) in [7, 11) is -4.23. The third kappa shape index (κ3) is 4.66. The minimum Gasteiger partial charge on any atom is -0.379 e. The van der Waals surface area contributed by atoms with E-state index in [1.165, 1.54) is 0 Å². The van der Waals surface area contributed by atoms with Gasteiger partial charge in [-0.2, -0.15) is 13.2 Å². The Balaban J connectivity index is 2.10. The molecular weight excluding hydrogens is 337 g/mol. The fourth-order valence-corrected chi connectivity index (χ4v) is 3.02. The number of sulfonamides is 1. The Kier molecular flexibility index (Phi) is 5.27. The molecule has 1 aromatic rings. The Hall–Kier alpha value is -1.65. The van der Waals surface area contributed by atoms with Gasteiger partial charge in [0.15, 0.2) is 0 Å². The number of halogens is 3. The van der Waals surface area contributed by atoms with Gasteiger partial charge in [0.2, 0.25) is 5.91 Å². The Morgan fingerprint density at radius 3 is 2.52 bits per heavy atom. The molecule has 1 heterocycles. The molecule has 23 heavy (non-hydrogen) atoms. The van der Waals surface area contributed by atoms with Crippen molar-refractivity contribution in [3.63, 3.8) is 0 Å². The molecule has 0 radical (unpaired) electrons. The first-order valence-electron chi connectivity index (χ1n) is 6.72. The molecule has 0 aromatic heterocycles. The van der Waals surface area contributed by atoms with Crippen LogP contribution in [0.1, 0.15) is 5.56 Å². The number of nitrogens with one attached hydrogen (secondary N) is 2. The van der Waals surface area contributed by atoms with E-state index in [1.807, 2.05) is 4.72 Å². The largest absolute Gasteiger partial charge is 0.416 e. The van der Waals surface area contributed by atoms with E-state index >= 15 is 0 Å². The highest BCUT2D eigenvalue weighted by molar-refractivity contribution is 7.90. The third-order valence-electron chi connectivity index (χ3n) is 3.23. The normalized spacial score (nSPS) is 19.9. The fraction of sp³-hybridized carbons (Fsp3) is 0.462. The van der Waals surface area contributed by atoms with Gasteiger partial charge in [0, 0.05) is 13.1 Å². The van der Waals surface area contributed by atoms with E-state index in [9.17, 15) is 26.4 Å². The maximum absolute atomic E-state index is 12.5. The van der Waals surface area contributed by atoms with Gasteiger partial charge in [-0.1, -0.05) is 0 Å². The highest BCUT2D eigenvalue weighted by Crippen LogP contribution is 2.29. The average Bonchev–Trinajstić information content (AvgIpc) is 2.75. The lowest BCUT2D eigenvalue weighted by molar-refractivity contribution is -0.137. The number of alkyl halides is 3. The topological polar surface area (TPSA) is 84.5 Å². The maximum atomic E-state index is 12.5. The van der Waals surface area contributed by atoms with E-state index < -0.39 is 38.5 Å². The summed E-state index contributed by atoms with van der Waals surface area (Å²) in [6, 6.07) is 2.91. The van der Waals surface area contributed by atoms with Crippen LogP contribution in [0, 0.1) is 5.92 Å². The zero-order valence-corrected chi connectivity index (χ0v) is 12.7. The molecule has 2 N–H and O–H groups in total. The van der Waals surface area contributed by atoms with Gasteiger partial charge in [-0.15, -0.1) is 0 Å². The van der Waals surface area contributed by atoms with E-state index in [0.29, 0.717) is 25.3 Å². The molecule has 0 spiro atoms. The van der Waals surface area contributed by atoms with Crippen LogP contribution in [0.15, 0.2) is 29.2 Å². The number of amides is 1. The van der Waals surface area contributed by atoms with Crippen LogP contribution in [0.2, 0.25) is 0 Å². The van der Waals surface area contributed by atoms with E-state index in [0.717, 1.165) is 12.1 Å². The molecule has 1 aliphatic heterocycles. The second kappa shape index (κ2) is 6.85. The van der Waals surface area contributed by atoms with Crippen LogP contribution < -0.4 is 10.0 Å². The molecule has 6 nitrogen and oxygen atoms in total. The van der Waals surface area contributed by atoms with Crippen molar-refractivity contribution in [3.05, 3.63) is 29.8 Å². The number of hydrogen-bond donors (Lipinski definition) is 2. The molecule has 1 fully saturated rings. The van der Waals surface area contributed by atoms with E-state index in [2.05, 4.69) is 5.32 Å². The van der Waals surface area contributed by atoms with Gasteiger partial charge in [0.25, 0.3) is 10.0 Å². The SMILES string of the molecule is O=C(NS(=O)(=O)c1ccc(C(F)(F)F)cc1)C1CNCCOC1. The maximum Gasteiger partial charge on any atom is 0.416 e. The molecule has 1 unspecified atom stereocenters. The predicted octanol–water partition coefficient (Wildman–Crippen LogP) is 0.746. The summed E-state index contributed by atoms with van der Waals surface area (Å²) >= 11 is 0. The Morgan fingerprint density at radius 2 is 1.91 bits per heavy atom. The van der Waals surface area contributed by atoms with Crippen molar-refractivity contribution in [2.45, 2.75) is 11.1 Å². The number of carbonyl (C=O) groups is 1. The van der Waals surface area contributed by atoms with Crippen molar-refractivity contribution in [2.75, 3.05) is 26.3 Å². The van der Waals surface area contributed by atoms with Gasteiger partial charge in [0.05, 0.1) is 29.6 Å². The van der Waals surface area contributed by atoms with Gasteiger partial charge in [-0.05, 0) is 24.3 Å². The molecule has 0 aliphatic carbocycles. The summed E-state index contributed by atoms with van der Waals surface area (Å²) in [6.07, 6.45) is -4.56. The number of hydrogen-bond acceptors (Lipinski definition) is 5. The van der Waals surface area contributed by atoms with Gasteiger partial charge in [-0.25, -0.2) is 13.1 Å². The molecule has 1 amide bonds. The summed E-state index contributed by atoms with van der Waals surface area (Å²) in [4.78, 5) is 11.6. The lowest BCUT2D eigenvalue weighted by Gasteiger charge is -2.14. The second-order valence-corrected chi connectivity index (χ2v) is 6.65. The molecule has 2 rings (SSSR count). The quantitative estimate of drug-likeness (QED) is 0.839. The standard InChI is InChI=1S/C13H15F3N2O4S/c14-13(15,16)10-1-3-11(4-2-10)23(20,21)18-12(19)9-7-17-5-6-22-8-9/h1-4,9,17H,5-8H2,(H,18,19). The lowest BCUT2D eigenvalue weighted by Crippen LogP contribution is -2.40. The third-order valence-corrected chi connectivity index (χ3v) is 4.59. The van der Waals surface area contributed by atoms with Crippen LogP contribution >= 0.6 is 0 Å². The molecule has 1 atom stereocenters. The second-order valence-electron chi connectivity index (χ2n) is 4.97. The van der Waals surface area contributed by atoms with E-state index in [4.69, 9.17) is 4.74 Å². The summed E-state index contributed by atoms with van der Waals surface area (Å²) < 4.78 is 68.5. The summed E-state index contributed by atoms with van der Waals surface area (Å²) in [5, 5.41) is 2.92. The first-order chi connectivity index (χ1) is 10.7. The highest BCUT2D eigenvalue weighted by atomic mass is 32.2. The monoisotopic (exact) mass is 352 g/mol. The van der Waals surface area contributed by atoms with Gasteiger partial charge in [0.1, 0.15) is 0 Å². The number of benzene rings is 1. The molecule has 1 saturated heterocycles. The van der Waals surface area contributed by atoms with Crippen LogP contribution in [0.5, 0.6) is 0 Å². The molecule has 128 valence electrons. The Morgan fingerprint density at radius 1 is 1.26 bits per heavy atom. The average molecular weight is 352 g/mol. The van der Waals surface area contributed by atoms with Crippen molar-refractivity contribution < 1.29 is 31.1 Å². The van der Waals surface area contributed by atoms with Crippen molar-refractivity contribution >= 4 is 15.9 Å². The molecule has 1 aromatic carbocycles. The van der Waals surface area contributed by atoms with Gasteiger partial charge < -0.3 is 10.1 Å². The first-order valence-corrected chi connectivity index (χ1v) is 8.21. The first kappa shape index (κ1) is 17.7. The van der Waals surface area contributed by atoms with E-state index in [-0.39, 0.29) is 13.2 Å². The van der Waals surface area contributed by atoms with Crippen LogP contribution in [0.4, 0.5) is 13.2 Å². The minimum atomic E-state index is -4.56. The van der Waals surface area contributed by atoms with Crippen LogP contribution in [0.25, 0.3) is 0 Å². The molecule has 0 saturated carbocycles. The van der Waals surface area contributed by atoms with Crippen LogP contribution in [-0.2, 0) is 25.7 Å². The number of carbonyl (C=O) groups excluding carboxylic acids is 1. The highest BCUT2D eigenvalue weighted by Gasteiger charge is 2.31.